The molecule has 4 rings (SSSR count). The third-order valence-electron chi connectivity index (χ3n) is 7.91. The first kappa shape index (κ1) is 22.3. The van der Waals surface area contributed by atoms with Gasteiger partial charge in [0.2, 0.25) is 0 Å². The molecule has 1 aliphatic heterocycles. The maximum Gasteiger partial charge on any atom is 0.257 e. The smallest absolute Gasteiger partial charge is 0.257 e. The van der Waals surface area contributed by atoms with Gasteiger partial charge >= 0.3 is 0 Å². The summed E-state index contributed by atoms with van der Waals surface area (Å²) in [6, 6.07) is 11.1. The molecule has 1 heterocycles. The number of carbonyl (C=O) groups excluding carboxylic acids is 1. The van der Waals surface area contributed by atoms with Crippen LogP contribution in [0.15, 0.2) is 35.3 Å². The van der Waals surface area contributed by atoms with Crippen LogP contribution in [0.25, 0.3) is 0 Å². The third kappa shape index (κ3) is 5.49. The predicted octanol–water partition coefficient (Wildman–Crippen LogP) is 4.61. The first-order chi connectivity index (χ1) is 15.1. The van der Waals surface area contributed by atoms with E-state index in [2.05, 4.69) is 35.6 Å². The minimum Gasteiger partial charge on any atom is -0.369 e. The second-order valence-electron chi connectivity index (χ2n) is 10.2. The molecule has 1 amide bonds. The molecule has 2 fully saturated rings. The van der Waals surface area contributed by atoms with Crippen molar-refractivity contribution in [3.05, 3.63) is 35.9 Å². The van der Waals surface area contributed by atoms with Crippen LogP contribution < -0.4 is 11.1 Å². The van der Waals surface area contributed by atoms with E-state index in [1.54, 1.807) is 11.9 Å². The zero-order valence-electron chi connectivity index (χ0n) is 19.2. The highest BCUT2D eigenvalue weighted by molar-refractivity contribution is 6.06. The maximum absolute atomic E-state index is 13.3. The molecule has 3 N–H and O–H groups in total. The van der Waals surface area contributed by atoms with Gasteiger partial charge in [-0.1, -0.05) is 75.3 Å². The molecule has 0 radical (unpaired) electrons. The number of likely N-dealkylation sites (N-methyl/N-ethyl adjacent to an activating group) is 1. The van der Waals surface area contributed by atoms with E-state index in [9.17, 15) is 4.79 Å². The molecule has 170 valence electrons. The first-order valence-corrected chi connectivity index (χ1v) is 12.5. The zero-order valence-corrected chi connectivity index (χ0v) is 19.2. The first-order valence-electron chi connectivity index (χ1n) is 12.5. The summed E-state index contributed by atoms with van der Waals surface area (Å²) in [6.07, 6.45) is 14.3. The molecule has 0 aromatic heterocycles. The van der Waals surface area contributed by atoms with Crippen molar-refractivity contribution in [2.75, 3.05) is 7.05 Å². The van der Waals surface area contributed by atoms with E-state index in [4.69, 9.17) is 10.7 Å². The fourth-order valence-electron chi connectivity index (χ4n) is 6.07. The Labute approximate surface area is 187 Å². The van der Waals surface area contributed by atoms with Crippen molar-refractivity contribution in [2.45, 2.75) is 95.2 Å². The van der Waals surface area contributed by atoms with E-state index < -0.39 is 5.54 Å². The number of aliphatic imine (C=N–C) groups is 1. The molecule has 31 heavy (non-hydrogen) atoms. The average molecular weight is 425 g/mol. The van der Waals surface area contributed by atoms with Gasteiger partial charge in [0.15, 0.2) is 5.96 Å². The average Bonchev–Trinajstić information content (AvgIpc) is 3.01. The van der Waals surface area contributed by atoms with Gasteiger partial charge in [-0.3, -0.25) is 9.69 Å². The van der Waals surface area contributed by atoms with Crippen LogP contribution in [-0.2, 0) is 11.3 Å². The third-order valence-corrected chi connectivity index (χ3v) is 7.91. The van der Waals surface area contributed by atoms with Crippen molar-refractivity contribution in [3.8, 4) is 0 Å². The molecular weight excluding hydrogens is 384 g/mol. The number of rotatable bonds is 8. The van der Waals surface area contributed by atoms with Gasteiger partial charge in [-0.2, -0.15) is 0 Å². The van der Waals surface area contributed by atoms with Crippen molar-refractivity contribution in [1.29, 1.82) is 0 Å². The van der Waals surface area contributed by atoms with E-state index in [-0.39, 0.29) is 5.91 Å². The summed E-state index contributed by atoms with van der Waals surface area (Å²) in [5.41, 5.74) is 6.85. The van der Waals surface area contributed by atoms with E-state index in [0.29, 0.717) is 17.9 Å². The molecule has 2 saturated carbocycles. The Balaban J connectivity index is 1.38. The molecule has 0 bridgehead atoms. The summed E-state index contributed by atoms with van der Waals surface area (Å²) in [7, 11) is 1.79. The summed E-state index contributed by atoms with van der Waals surface area (Å²) in [5.74, 6) is 1.82. The minimum absolute atomic E-state index is 0.125. The Hall–Kier alpha value is -1.88. The van der Waals surface area contributed by atoms with E-state index in [1.165, 1.54) is 56.9 Å². The monoisotopic (exact) mass is 424 g/mol. The van der Waals surface area contributed by atoms with Gasteiger partial charge in [-0.25, -0.2) is 4.99 Å². The van der Waals surface area contributed by atoms with Gasteiger partial charge < -0.3 is 11.1 Å². The molecular formula is C26H40N4O. The lowest BCUT2D eigenvalue weighted by Gasteiger charge is -2.35. The van der Waals surface area contributed by atoms with E-state index >= 15 is 0 Å². The lowest BCUT2D eigenvalue weighted by molar-refractivity contribution is -0.131. The molecule has 3 atom stereocenters. The lowest BCUT2D eigenvalue weighted by atomic mass is 9.74. The van der Waals surface area contributed by atoms with Crippen LogP contribution in [0, 0.1) is 11.8 Å². The lowest BCUT2D eigenvalue weighted by Crippen LogP contribution is -2.44. The largest absolute Gasteiger partial charge is 0.369 e. The number of carbonyl (C=O) groups is 1. The summed E-state index contributed by atoms with van der Waals surface area (Å²) < 4.78 is 0. The highest BCUT2D eigenvalue weighted by atomic mass is 16.2. The van der Waals surface area contributed by atoms with Crippen LogP contribution in [-0.4, -0.2) is 35.4 Å². The van der Waals surface area contributed by atoms with Crippen LogP contribution >= 0.6 is 0 Å². The van der Waals surface area contributed by atoms with Crippen LogP contribution in [0.2, 0.25) is 0 Å². The molecule has 0 spiro atoms. The van der Waals surface area contributed by atoms with Crippen LogP contribution in [0.5, 0.6) is 0 Å². The SMILES string of the molecule is CN1C(=O)[C@@](CCC2CCCCC2)(C[C@@H]2CCCC(NCc3ccccc3)C2)N=C1N. The zero-order chi connectivity index (χ0) is 21.7. The summed E-state index contributed by atoms with van der Waals surface area (Å²) in [5, 5.41) is 3.76. The topological polar surface area (TPSA) is 70.7 Å². The fourth-order valence-corrected chi connectivity index (χ4v) is 6.07. The van der Waals surface area contributed by atoms with Crippen molar-refractivity contribution in [2.24, 2.45) is 22.6 Å². The van der Waals surface area contributed by atoms with Crippen molar-refractivity contribution in [1.82, 2.24) is 10.2 Å². The number of nitrogens with two attached hydrogens (primary N) is 1. The second-order valence-corrected chi connectivity index (χ2v) is 10.2. The number of guanidine groups is 1. The van der Waals surface area contributed by atoms with Crippen molar-refractivity contribution < 1.29 is 4.79 Å². The Kier molecular flexibility index (Phi) is 7.31. The van der Waals surface area contributed by atoms with Crippen LogP contribution in [0.4, 0.5) is 0 Å². The Morgan fingerprint density at radius 1 is 1.06 bits per heavy atom. The molecule has 1 unspecified atom stereocenters. The minimum atomic E-state index is -0.623. The molecule has 2 aliphatic carbocycles. The number of nitrogens with zero attached hydrogens (tertiary/aromatic N) is 2. The van der Waals surface area contributed by atoms with Crippen molar-refractivity contribution in [3.63, 3.8) is 0 Å². The predicted molar refractivity (Wildman–Crippen MR) is 127 cm³/mol. The summed E-state index contributed by atoms with van der Waals surface area (Å²) >= 11 is 0. The number of nitrogens with one attached hydrogen (secondary N) is 1. The molecule has 5 heteroatoms. The number of benzene rings is 1. The van der Waals surface area contributed by atoms with Crippen molar-refractivity contribution >= 4 is 11.9 Å². The number of hydrogen-bond acceptors (Lipinski definition) is 4. The Morgan fingerprint density at radius 2 is 1.81 bits per heavy atom. The molecule has 1 aromatic rings. The summed E-state index contributed by atoms with van der Waals surface area (Å²) in [6.45, 7) is 0.915. The Morgan fingerprint density at radius 3 is 2.52 bits per heavy atom. The van der Waals surface area contributed by atoms with Gasteiger partial charge in [0.25, 0.3) is 5.91 Å². The Bertz CT molecular complexity index is 758. The van der Waals surface area contributed by atoms with Crippen LogP contribution in [0.1, 0.15) is 82.6 Å². The number of hydrogen-bond donors (Lipinski definition) is 2. The maximum atomic E-state index is 13.3. The van der Waals surface area contributed by atoms with E-state index in [0.717, 1.165) is 38.1 Å². The van der Waals surface area contributed by atoms with Gasteiger partial charge in [0.05, 0.1) is 0 Å². The number of amides is 1. The van der Waals surface area contributed by atoms with Gasteiger partial charge in [0.1, 0.15) is 5.54 Å². The van der Waals surface area contributed by atoms with Crippen LogP contribution in [0.3, 0.4) is 0 Å². The highest BCUT2D eigenvalue weighted by Gasteiger charge is 2.47. The molecule has 5 nitrogen and oxygen atoms in total. The van der Waals surface area contributed by atoms with E-state index in [1.807, 2.05) is 0 Å². The summed E-state index contributed by atoms with van der Waals surface area (Å²) in [4.78, 5) is 19.7. The second kappa shape index (κ2) is 10.2. The molecule has 3 aliphatic rings. The fraction of sp³-hybridized carbons (Fsp3) is 0.692. The van der Waals surface area contributed by atoms with Gasteiger partial charge in [-0.05, 0) is 49.5 Å². The molecule has 1 aromatic carbocycles. The molecule has 0 saturated heterocycles. The highest BCUT2D eigenvalue weighted by Crippen LogP contribution is 2.40. The van der Waals surface area contributed by atoms with Gasteiger partial charge in [-0.15, -0.1) is 0 Å². The van der Waals surface area contributed by atoms with Gasteiger partial charge in [0, 0.05) is 19.6 Å². The quantitative estimate of drug-likeness (QED) is 0.640. The normalized spacial score (nSPS) is 29.9. The standard InChI is InChI=1S/C26H40N4O/c1-30-24(31)26(29-25(30)27,16-15-20-9-4-2-5-10-20)18-22-13-8-14-23(17-22)28-19-21-11-6-3-7-12-21/h3,6-7,11-12,20,22-23,28H,2,4-5,8-10,13-19H2,1H3,(H2,27,29)/t22-,23?,26-/m1/s1.